The normalized spacial score (nSPS) is 15.1. The Morgan fingerprint density at radius 3 is 2.46 bits per heavy atom. The van der Waals surface area contributed by atoms with E-state index in [1.54, 1.807) is 18.4 Å². The Morgan fingerprint density at radius 2 is 1.88 bits per heavy atom. The van der Waals surface area contributed by atoms with Gasteiger partial charge in [-0.05, 0) is 63.9 Å². The number of aryl methyl sites for hydroxylation is 1. The van der Waals surface area contributed by atoms with Crippen LogP contribution in [0.4, 0.5) is 0 Å². The fourth-order valence-electron chi connectivity index (χ4n) is 2.80. The molecule has 132 valence electrons. The van der Waals surface area contributed by atoms with Crippen molar-refractivity contribution in [3.05, 3.63) is 34.8 Å². The number of aliphatic hydroxyl groups excluding tert-OH is 1. The van der Waals surface area contributed by atoms with Crippen LogP contribution in [0.3, 0.4) is 0 Å². The van der Waals surface area contributed by atoms with Gasteiger partial charge in [0.1, 0.15) is 10.8 Å². The highest BCUT2D eigenvalue weighted by Crippen LogP contribution is 2.32. The smallest absolute Gasteiger partial charge is 0.123 e. The van der Waals surface area contributed by atoms with Crippen molar-refractivity contribution in [2.24, 2.45) is 5.92 Å². The zero-order valence-corrected chi connectivity index (χ0v) is 16.0. The van der Waals surface area contributed by atoms with Crippen LogP contribution in [0.2, 0.25) is 0 Å². The molecule has 1 aromatic heterocycles. The molecule has 0 spiro atoms. The van der Waals surface area contributed by atoms with Crippen molar-refractivity contribution < 1.29 is 9.84 Å². The SMILES string of the molecule is COc1ccc(-c2nc(C)c(C(C)NCC(C)CC(C)O)s2)cc1. The van der Waals surface area contributed by atoms with Gasteiger partial charge < -0.3 is 15.2 Å². The molecular weight excluding hydrogens is 320 g/mol. The molecule has 0 bridgehead atoms. The maximum atomic E-state index is 9.47. The summed E-state index contributed by atoms with van der Waals surface area (Å²) < 4.78 is 5.21. The number of rotatable bonds is 8. The van der Waals surface area contributed by atoms with Gasteiger partial charge in [-0.25, -0.2) is 4.98 Å². The number of aromatic nitrogens is 1. The van der Waals surface area contributed by atoms with Gasteiger partial charge in [-0.2, -0.15) is 0 Å². The standard InChI is InChI=1S/C19H28N2O2S/c1-12(10-13(2)22)11-20-14(3)18-15(4)21-19(24-18)16-6-8-17(23-5)9-7-16/h6-9,12-14,20,22H,10-11H2,1-5H3. The number of nitrogens with zero attached hydrogens (tertiary/aromatic N) is 1. The molecule has 0 aliphatic carbocycles. The second-order valence-electron chi connectivity index (χ2n) is 6.52. The summed E-state index contributed by atoms with van der Waals surface area (Å²) in [4.78, 5) is 6.00. The average molecular weight is 349 g/mol. The number of aliphatic hydroxyl groups is 1. The molecule has 0 fully saturated rings. The Hall–Kier alpha value is -1.43. The maximum Gasteiger partial charge on any atom is 0.123 e. The summed E-state index contributed by atoms with van der Waals surface area (Å²) in [6.45, 7) is 9.13. The molecule has 0 aliphatic heterocycles. The molecule has 1 aromatic carbocycles. The van der Waals surface area contributed by atoms with E-state index in [0.29, 0.717) is 5.92 Å². The fourth-order valence-corrected chi connectivity index (χ4v) is 3.90. The molecule has 0 saturated heterocycles. The summed E-state index contributed by atoms with van der Waals surface area (Å²) in [6, 6.07) is 8.27. The Balaban J connectivity index is 2.04. The highest BCUT2D eigenvalue weighted by Gasteiger charge is 2.16. The minimum absolute atomic E-state index is 0.246. The first-order valence-corrected chi connectivity index (χ1v) is 9.25. The Bertz CT molecular complexity index is 637. The van der Waals surface area contributed by atoms with Crippen LogP contribution < -0.4 is 10.1 Å². The molecule has 2 aromatic rings. The van der Waals surface area contributed by atoms with E-state index in [2.05, 4.69) is 26.1 Å². The first-order chi connectivity index (χ1) is 11.4. The molecule has 3 atom stereocenters. The molecule has 0 radical (unpaired) electrons. The molecule has 0 aliphatic rings. The first-order valence-electron chi connectivity index (χ1n) is 8.44. The predicted octanol–water partition coefficient (Wildman–Crippen LogP) is 4.18. The molecule has 5 heteroatoms. The fraction of sp³-hybridized carbons (Fsp3) is 0.526. The number of benzene rings is 1. The Morgan fingerprint density at radius 1 is 1.21 bits per heavy atom. The molecule has 2 rings (SSSR count). The quantitative estimate of drug-likeness (QED) is 0.751. The average Bonchev–Trinajstić information content (AvgIpc) is 2.94. The number of hydrogen-bond donors (Lipinski definition) is 2. The van der Waals surface area contributed by atoms with Crippen LogP contribution in [-0.4, -0.2) is 29.8 Å². The number of thiazole rings is 1. The van der Waals surface area contributed by atoms with Crippen molar-refractivity contribution in [3.8, 4) is 16.3 Å². The van der Waals surface area contributed by atoms with Crippen LogP contribution in [-0.2, 0) is 0 Å². The molecule has 4 nitrogen and oxygen atoms in total. The lowest BCUT2D eigenvalue weighted by molar-refractivity contribution is 0.162. The van der Waals surface area contributed by atoms with Crippen LogP contribution in [0.25, 0.3) is 10.6 Å². The summed E-state index contributed by atoms with van der Waals surface area (Å²) in [5.74, 6) is 1.30. The van der Waals surface area contributed by atoms with Gasteiger partial charge in [0.2, 0.25) is 0 Å². The Labute approximate surface area is 148 Å². The van der Waals surface area contributed by atoms with E-state index < -0.39 is 0 Å². The van der Waals surface area contributed by atoms with Crippen LogP contribution in [0, 0.1) is 12.8 Å². The van der Waals surface area contributed by atoms with E-state index in [-0.39, 0.29) is 12.1 Å². The van der Waals surface area contributed by atoms with E-state index in [4.69, 9.17) is 9.72 Å². The summed E-state index contributed by atoms with van der Waals surface area (Å²) >= 11 is 1.74. The second kappa shape index (κ2) is 8.60. The topological polar surface area (TPSA) is 54.4 Å². The van der Waals surface area contributed by atoms with Crippen molar-refractivity contribution >= 4 is 11.3 Å². The lowest BCUT2D eigenvalue weighted by Crippen LogP contribution is -2.26. The van der Waals surface area contributed by atoms with Gasteiger partial charge in [0.05, 0.1) is 18.9 Å². The van der Waals surface area contributed by atoms with Crippen LogP contribution in [0.5, 0.6) is 5.75 Å². The van der Waals surface area contributed by atoms with E-state index >= 15 is 0 Å². The lowest BCUT2D eigenvalue weighted by atomic mass is 10.0. The van der Waals surface area contributed by atoms with Crippen molar-refractivity contribution in [2.75, 3.05) is 13.7 Å². The van der Waals surface area contributed by atoms with Crippen molar-refractivity contribution in [1.29, 1.82) is 0 Å². The van der Waals surface area contributed by atoms with Gasteiger partial charge in [-0.1, -0.05) is 6.92 Å². The third kappa shape index (κ3) is 5.03. The zero-order chi connectivity index (χ0) is 17.7. The highest BCUT2D eigenvalue weighted by atomic mass is 32.1. The molecule has 1 heterocycles. The van der Waals surface area contributed by atoms with Gasteiger partial charge in [0.15, 0.2) is 0 Å². The second-order valence-corrected chi connectivity index (χ2v) is 7.55. The van der Waals surface area contributed by atoms with Crippen LogP contribution in [0.1, 0.15) is 43.8 Å². The van der Waals surface area contributed by atoms with E-state index in [9.17, 15) is 5.11 Å². The van der Waals surface area contributed by atoms with Gasteiger partial charge in [-0.3, -0.25) is 0 Å². The van der Waals surface area contributed by atoms with E-state index in [0.717, 1.165) is 35.0 Å². The van der Waals surface area contributed by atoms with Crippen LogP contribution >= 0.6 is 11.3 Å². The van der Waals surface area contributed by atoms with Gasteiger partial charge >= 0.3 is 0 Å². The molecule has 0 amide bonds. The van der Waals surface area contributed by atoms with Crippen molar-refractivity contribution in [2.45, 2.75) is 46.3 Å². The minimum Gasteiger partial charge on any atom is -0.497 e. The molecule has 24 heavy (non-hydrogen) atoms. The summed E-state index contributed by atoms with van der Waals surface area (Å²) in [5.41, 5.74) is 2.19. The van der Waals surface area contributed by atoms with Crippen molar-refractivity contribution in [1.82, 2.24) is 10.3 Å². The predicted molar refractivity (Wildman–Crippen MR) is 101 cm³/mol. The van der Waals surface area contributed by atoms with E-state index in [1.165, 1.54) is 4.88 Å². The summed E-state index contributed by atoms with van der Waals surface area (Å²) in [7, 11) is 1.67. The third-order valence-electron chi connectivity index (χ3n) is 4.08. The number of nitrogens with one attached hydrogen (secondary N) is 1. The molecule has 3 unspecified atom stereocenters. The molecular formula is C19H28N2O2S. The number of ether oxygens (including phenoxy) is 1. The van der Waals surface area contributed by atoms with Gasteiger partial charge in [-0.15, -0.1) is 11.3 Å². The van der Waals surface area contributed by atoms with Gasteiger partial charge in [0.25, 0.3) is 0 Å². The molecule has 0 saturated carbocycles. The zero-order valence-electron chi connectivity index (χ0n) is 15.2. The number of hydrogen-bond acceptors (Lipinski definition) is 5. The summed E-state index contributed by atoms with van der Waals surface area (Å²) in [5, 5.41) is 14.1. The number of methoxy groups -OCH3 is 1. The Kier molecular flexibility index (Phi) is 6.78. The van der Waals surface area contributed by atoms with Crippen LogP contribution in [0.15, 0.2) is 24.3 Å². The summed E-state index contributed by atoms with van der Waals surface area (Å²) in [6.07, 6.45) is 0.572. The monoisotopic (exact) mass is 348 g/mol. The first kappa shape index (κ1) is 18.9. The minimum atomic E-state index is -0.246. The highest BCUT2D eigenvalue weighted by molar-refractivity contribution is 7.15. The maximum absolute atomic E-state index is 9.47. The van der Waals surface area contributed by atoms with Crippen molar-refractivity contribution in [3.63, 3.8) is 0 Å². The van der Waals surface area contributed by atoms with Gasteiger partial charge in [0, 0.05) is 16.5 Å². The van der Waals surface area contributed by atoms with E-state index in [1.807, 2.05) is 31.2 Å². The molecule has 2 N–H and O–H groups in total. The largest absolute Gasteiger partial charge is 0.497 e. The lowest BCUT2D eigenvalue weighted by Gasteiger charge is -2.18. The third-order valence-corrected chi connectivity index (χ3v) is 5.47.